The highest BCUT2D eigenvalue weighted by atomic mass is 19.1. The van der Waals surface area contributed by atoms with E-state index in [-0.39, 0.29) is 17.0 Å². The van der Waals surface area contributed by atoms with E-state index in [0.29, 0.717) is 30.2 Å². The van der Waals surface area contributed by atoms with Crippen LogP contribution in [0.1, 0.15) is 24.0 Å². The zero-order valence-electron chi connectivity index (χ0n) is 16.6. The maximum Gasteiger partial charge on any atom is 0.337 e. The first-order valence-corrected chi connectivity index (χ1v) is 10.0. The smallest absolute Gasteiger partial charge is 0.320 e. The molecule has 30 heavy (non-hydrogen) atoms. The van der Waals surface area contributed by atoms with Crippen molar-refractivity contribution in [2.75, 3.05) is 0 Å². The van der Waals surface area contributed by atoms with Crippen molar-refractivity contribution in [2.24, 2.45) is 5.92 Å². The van der Waals surface area contributed by atoms with Gasteiger partial charge in [0.25, 0.3) is 5.56 Å². The van der Waals surface area contributed by atoms with E-state index in [2.05, 4.69) is 11.1 Å². The summed E-state index contributed by atoms with van der Waals surface area (Å²) in [6.07, 6.45) is 3.63. The normalized spacial score (nSPS) is 13.8. The number of imidazole rings is 1. The number of aromatic nitrogens is 4. The molecule has 152 valence electrons. The van der Waals surface area contributed by atoms with E-state index in [4.69, 9.17) is 0 Å². The second-order valence-electron chi connectivity index (χ2n) is 7.99. The summed E-state index contributed by atoms with van der Waals surface area (Å²) in [7, 11) is 0. The summed E-state index contributed by atoms with van der Waals surface area (Å²) in [6, 6.07) is 13.7. The zero-order valence-corrected chi connectivity index (χ0v) is 16.6. The van der Waals surface area contributed by atoms with Gasteiger partial charge in [-0.1, -0.05) is 29.8 Å². The van der Waals surface area contributed by atoms with Crippen LogP contribution in [0.3, 0.4) is 0 Å². The number of hydrogen-bond acceptors (Lipinski definition) is 3. The summed E-state index contributed by atoms with van der Waals surface area (Å²) in [6.45, 7) is 2.88. The van der Waals surface area contributed by atoms with E-state index in [9.17, 15) is 14.0 Å². The topological polar surface area (TPSA) is 61.8 Å². The van der Waals surface area contributed by atoms with Crippen LogP contribution in [0.25, 0.3) is 16.9 Å². The van der Waals surface area contributed by atoms with Crippen LogP contribution >= 0.6 is 0 Å². The third-order valence-electron chi connectivity index (χ3n) is 5.56. The van der Waals surface area contributed by atoms with E-state index < -0.39 is 5.69 Å². The molecule has 0 radical (unpaired) electrons. The first kappa shape index (κ1) is 18.5. The van der Waals surface area contributed by atoms with Gasteiger partial charge in [0.05, 0.1) is 12.0 Å². The molecule has 1 aliphatic rings. The van der Waals surface area contributed by atoms with Crippen LogP contribution in [0.2, 0.25) is 0 Å². The summed E-state index contributed by atoms with van der Waals surface area (Å²) in [5, 5.41) is 0. The van der Waals surface area contributed by atoms with Gasteiger partial charge in [-0.15, -0.1) is 0 Å². The number of halogens is 1. The number of hydrogen-bond donors (Lipinski definition) is 0. The fraction of sp³-hybridized carbons (Fsp3) is 0.261. The van der Waals surface area contributed by atoms with Gasteiger partial charge in [0.15, 0.2) is 11.2 Å². The lowest BCUT2D eigenvalue weighted by Crippen LogP contribution is -2.40. The lowest BCUT2D eigenvalue weighted by molar-refractivity contribution is 0.567. The molecule has 2 aromatic carbocycles. The summed E-state index contributed by atoms with van der Waals surface area (Å²) in [5.41, 5.74) is 2.56. The van der Waals surface area contributed by atoms with E-state index in [1.807, 2.05) is 25.1 Å². The Kier molecular flexibility index (Phi) is 4.38. The molecule has 0 amide bonds. The molecule has 2 aromatic heterocycles. The van der Waals surface area contributed by atoms with Gasteiger partial charge in [0, 0.05) is 13.1 Å². The number of nitrogens with zero attached hydrogens (tertiary/aromatic N) is 4. The monoisotopic (exact) mass is 404 g/mol. The van der Waals surface area contributed by atoms with Gasteiger partial charge in [-0.2, -0.15) is 0 Å². The van der Waals surface area contributed by atoms with Gasteiger partial charge in [-0.05, 0) is 55.5 Å². The maximum absolute atomic E-state index is 13.5. The van der Waals surface area contributed by atoms with E-state index >= 15 is 0 Å². The molecular formula is C23H21FN4O2. The van der Waals surface area contributed by atoms with Crippen molar-refractivity contribution >= 4 is 11.2 Å². The van der Waals surface area contributed by atoms with Crippen molar-refractivity contribution in [2.45, 2.75) is 32.9 Å². The highest BCUT2D eigenvalue weighted by Gasteiger charge is 2.26. The summed E-state index contributed by atoms with van der Waals surface area (Å²) >= 11 is 0. The van der Waals surface area contributed by atoms with Crippen LogP contribution in [0, 0.1) is 18.7 Å². The Balaban J connectivity index is 1.74. The molecule has 0 N–H and O–H groups in total. The molecule has 7 heteroatoms. The second kappa shape index (κ2) is 7.09. The molecule has 2 heterocycles. The lowest BCUT2D eigenvalue weighted by atomic mass is 10.1. The summed E-state index contributed by atoms with van der Waals surface area (Å²) in [4.78, 5) is 31.0. The quantitative estimate of drug-likeness (QED) is 0.513. The minimum atomic E-state index is -0.438. The van der Waals surface area contributed by atoms with Gasteiger partial charge >= 0.3 is 5.69 Å². The van der Waals surface area contributed by atoms with Gasteiger partial charge < -0.3 is 4.57 Å². The average molecular weight is 404 g/mol. The molecular weight excluding hydrogens is 383 g/mol. The van der Waals surface area contributed by atoms with E-state index in [1.54, 1.807) is 10.9 Å². The largest absolute Gasteiger partial charge is 0.337 e. The molecule has 0 atom stereocenters. The van der Waals surface area contributed by atoms with Crippen molar-refractivity contribution in [3.63, 3.8) is 0 Å². The third-order valence-corrected chi connectivity index (χ3v) is 5.56. The number of rotatable bonds is 5. The molecule has 5 rings (SSSR count). The standard InChI is InChI=1S/C23H21FN4O2/c1-15-3-2-4-17(11-15)12-26-14-25-21-20(26)22(29)27(13-16-5-6-16)23(30)28(21)19-9-7-18(24)8-10-19/h2-4,7-11,14,16H,5-6,12-13H2,1H3. The van der Waals surface area contributed by atoms with Crippen LogP contribution < -0.4 is 11.2 Å². The van der Waals surface area contributed by atoms with Crippen LogP contribution in [-0.2, 0) is 13.1 Å². The van der Waals surface area contributed by atoms with Crippen LogP contribution in [0.4, 0.5) is 4.39 Å². The Labute approximate surface area is 171 Å². The molecule has 1 fully saturated rings. The highest BCUT2D eigenvalue weighted by Crippen LogP contribution is 2.30. The number of aryl methyl sites for hydroxylation is 1. The van der Waals surface area contributed by atoms with Crippen LogP contribution in [-0.4, -0.2) is 18.7 Å². The van der Waals surface area contributed by atoms with Crippen molar-refractivity contribution in [3.8, 4) is 5.69 Å². The molecule has 6 nitrogen and oxygen atoms in total. The average Bonchev–Trinajstić information content (AvgIpc) is 3.46. The molecule has 0 unspecified atom stereocenters. The van der Waals surface area contributed by atoms with E-state index in [1.165, 1.54) is 33.4 Å². The van der Waals surface area contributed by atoms with Crippen LogP contribution in [0.5, 0.6) is 0 Å². The van der Waals surface area contributed by atoms with Crippen molar-refractivity contribution in [3.05, 3.63) is 92.6 Å². The van der Waals surface area contributed by atoms with E-state index in [0.717, 1.165) is 24.0 Å². The van der Waals surface area contributed by atoms with Crippen molar-refractivity contribution in [1.29, 1.82) is 0 Å². The predicted octanol–water partition coefficient (Wildman–Crippen LogP) is 3.25. The lowest BCUT2D eigenvalue weighted by Gasteiger charge is -2.13. The fourth-order valence-corrected chi connectivity index (χ4v) is 3.85. The molecule has 0 saturated heterocycles. The molecule has 1 saturated carbocycles. The minimum absolute atomic E-state index is 0.288. The molecule has 0 bridgehead atoms. The maximum atomic E-state index is 13.5. The third kappa shape index (κ3) is 3.26. The summed E-state index contributed by atoms with van der Waals surface area (Å²) in [5.74, 6) is -0.0398. The minimum Gasteiger partial charge on any atom is -0.320 e. The van der Waals surface area contributed by atoms with Gasteiger partial charge in [-0.3, -0.25) is 9.36 Å². The fourth-order valence-electron chi connectivity index (χ4n) is 3.85. The second-order valence-corrected chi connectivity index (χ2v) is 7.99. The molecule has 0 aliphatic heterocycles. The van der Waals surface area contributed by atoms with Crippen molar-refractivity contribution in [1.82, 2.24) is 18.7 Å². The van der Waals surface area contributed by atoms with Crippen LogP contribution in [0.15, 0.2) is 64.4 Å². The Morgan fingerprint density at radius 3 is 2.57 bits per heavy atom. The molecule has 4 aromatic rings. The first-order chi connectivity index (χ1) is 14.5. The summed E-state index contributed by atoms with van der Waals surface area (Å²) < 4.78 is 18.0. The van der Waals surface area contributed by atoms with Gasteiger partial charge in [0.1, 0.15) is 5.82 Å². The predicted molar refractivity (Wildman–Crippen MR) is 113 cm³/mol. The first-order valence-electron chi connectivity index (χ1n) is 10.0. The molecule has 0 spiro atoms. The number of benzene rings is 2. The SMILES string of the molecule is Cc1cccc(Cn2cnc3c2c(=O)n(CC2CC2)c(=O)n3-c2ccc(F)cc2)c1. The number of fused-ring (bicyclic) bond motifs is 1. The zero-order chi connectivity index (χ0) is 20.8. The van der Waals surface area contributed by atoms with Crippen molar-refractivity contribution < 1.29 is 4.39 Å². The van der Waals surface area contributed by atoms with Gasteiger partial charge in [-0.25, -0.2) is 18.7 Å². The Morgan fingerprint density at radius 2 is 1.87 bits per heavy atom. The Morgan fingerprint density at radius 1 is 1.10 bits per heavy atom. The van der Waals surface area contributed by atoms with Gasteiger partial charge in [0.2, 0.25) is 0 Å². The Hall–Kier alpha value is -3.48. The Bertz CT molecular complexity index is 1360. The highest BCUT2D eigenvalue weighted by molar-refractivity contribution is 5.72. The molecule has 1 aliphatic carbocycles.